The topological polar surface area (TPSA) is 58.2 Å². The van der Waals surface area contributed by atoms with Crippen molar-refractivity contribution in [2.75, 3.05) is 6.54 Å². The van der Waals surface area contributed by atoms with Gasteiger partial charge in [0.1, 0.15) is 5.82 Å². The number of benzene rings is 1. The quantitative estimate of drug-likeness (QED) is 0.818. The van der Waals surface area contributed by atoms with Crippen molar-refractivity contribution in [1.29, 1.82) is 0 Å². The molecule has 0 bridgehead atoms. The maximum absolute atomic E-state index is 12.9. The van der Waals surface area contributed by atoms with E-state index in [9.17, 15) is 14.0 Å². The van der Waals surface area contributed by atoms with Gasteiger partial charge in [0.2, 0.25) is 11.8 Å². The van der Waals surface area contributed by atoms with E-state index in [2.05, 4.69) is 10.6 Å². The summed E-state index contributed by atoms with van der Waals surface area (Å²) in [5.74, 6) is -0.561. The van der Waals surface area contributed by atoms with E-state index in [-0.39, 0.29) is 36.6 Å². The van der Waals surface area contributed by atoms with Gasteiger partial charge in [-0.3, -0.25) is 9.59 Å². The summed E-state index contributed by atoms with van der Waals surface area (Å²) in [5, 5.41) is 5.19. The fourth-order valence-electron chi connectivity index (χ4n) is 1.57. The van der Waals surface area contributed by atoms with Gasteiger partial charge in [-0.05, 0) is 30.5 Å². The Morgan fingerprint density at radius 2 is 2.06 bits per heavy atom. The molecule has 1 saturated carbocycles. The van der Waals surface area contributed by atoms with Gasteiger partial charge in [-0.2, -0.15) is 0 Å². The number of nitrogens with one attached hydrogen (secondary N) is 2. The molecule has 1 aromatic rings. The van der Waals surface area contributed by atoms with Gasteiger partial charge < -0.3 is 10.6 Å². The summed E-state index contributed by atoms with van der Waals surface area (Å²) >= 11 is 0. The molecule has 0 aromatic heterocycles. The second-order valence-corrected chi connectivity index (χ2v) is 4.40. The number of hydrogen-bond acceptors (Lipinski definition) is 2. The molecule has 0 unspecified atom stereocenters. The highest BCUT2D eigenvalue weighted by Crippen LogP contribution is 2.28. The van der Waals surface area contributed by atoms with E-state index in [1.54, 1.807) is 12.1 Å². The molecule has 96 valence electrons. The zero-order valence-corrected chi connectivity index (χ0v) is 9.91. The first-order chi connectivity index (χ1) is 8.65. The first kappa shape index (κ1) is 12.5. The van der Waals surface area contributed by atoms with Crippen molar-refractivity contribution in [2.45, 2.75) is 19.4 Å². The third-order valence-corrected chi connectivity index (χ3v) is 2.75. The molecule has 2 N–H and O–H groups in total. The molecule has 2 amide bonds. The Labute approximate surface area is 105 Å². The van der Waals surface area contributed by atoms with Crippen LogP contribution < -0.4 is 10.6 Å². The Bertz CT molecular complexity index is 458. The van der Waals surface area contributed by atoms with E-state index in [4.69, 9.17) is 0 Å². The van der Waals surface area contributed by atoms with Gasteiger partial charge in [0.05, 0.1) is 6.54 Å². The smallest absolute Gasteiger partial charge is 0.239 e. The van der Waals surface area contributed by atoms with Crippen LogP contribution in [0.25, 0.3) is 0 Å². The minimum atomic E-state index is -0.330. The summed E-state index contributed by atoms with van der Waals surface area (Å²) in [6, 6.07) is 6.03. The fourth-order valence-corrected chi connectivity index (χ4v) is 1.57. The molecule has 1 aliphatic rings. The molecule has 5 heteroatoms. The van der Waals surface area contributed by atoms with E-state index in [1.807, 2.05) is 0 Å². The summed E-state index contributed by atoms with van der Waals surface area (Å²) in [6.45, 7) is 0.237. The molecule has 18 heavy (non-hydrogen) atoms. The average Bonchev–Trinajstić information content (AvgIpc) is 3.17. The van der Waals surface area contributed by atoms with Gasteiger partial charge in [0.25, 0.3) is 0 Å². The molecule has 1 aliphatic carbocycles. The van der Waals surface area contributed by atoms with Crippen LogP contribution in [-0.4, -0.2) is 18.4 Å². The summed E-state index contributed by atoms with van der Waals surface area (Å²) in [4.78, 5) is 22.7. The van der Waals surface area contributed by atoms with Crippen LogP contribution in [0.1, 0.15) is 18.4 Å². The molecule has 0 radical (unpaired) electrons. The van der Waals surface area contributed by atoms with Crippen LogP contribution in [0.4, 0.5) is 4.39 Å². The molecule has 2 rings (SSSR count). The van der Waals surface area contributed by atoms with Gasteiger partial charge in [-0.25, -0.2) is 4.39 Å². The van der Waals surface area contributed by atoms with Crippen molar-refractivity contribution in [3.63, 3.8) is 0 Å². The van der Waals surface area contributed by atoms with Crippen LogP contribution in [0.3, 0.4) is 0 Å². The normalized spacial score (nSPS) is 14.1. The molecule has 0 spiro atoms. The Morgan fingerprint density at radius 3 is 2.72 bits per heavy atom. The van der Waals surface area contributed by atoms with Crippen molar-refractivity contribution >= 4 is 11.8 Å². The van der Waals surface area contributed by atoms with Crippen molar-refractivity contribution in [3.8, 4) is 0 Å². The molecule has 1 fully saturated rings. The van der Waals surface area contributed by atoms with E-state index >= 15 is 0 Å². The summed E-state index contributed by atoms with van der Waals surface area (Å²) in [5.41, 5.74) is 0.692. The predicted octanol–water partition coefficient (Wildman–Crippen LogP) is 0.968. The molecule has 0 aliphatic heterocycles. The highest BCUT2D eigenvalue weighted by atomic mass is 19.1. The molecule has 0 atom stereocenters. The number of amides is 2. The third kappa shape index (κ3) is 3.84. The highest BCUT2D eigenvalue weighted by Gasteiger charge is 2.29. The van der Waals surface area contributed by atoms with E-state index in [0.717, 1.165) is 12.8 Å². The molecule has 1 aromatic carbocycles. The van der Waals surface area contributed by atoms with Crippen LogP contribution in [0, 0.1) is 11.7 Å². The monoisotopic (exact) mass is 250 g/mol. The Kier molecular flexibility index (Phi) is 3.92. The molecular weight excluding hydrogens is 235 g/mol. The fraction of sp³-hybridized carbons (Fsp3) is 0.385. The zero-order chi connectivity index (χ0) is 13.0. The number of halogens is 1. The van der Waals surface area contributed by atoms with Crippen molar-refractivity contribution in [1.82, 2.24) is 10.6 Å². The molecular formula is C13H15FN2O2. The zero-order valence-electron chi connectivity index (χ0n) is 9.91. The first-order valence-corrected chi connectivity index (χ1v) is 5.94. The maximum atomic E-state index is 12.9. The van der Waals surface area contributed by atoms with Gasteiger partial charge >= 0.3 is 0 Å². The first-order valence-electron chi connectivity index (χ1n) is 5.94. The summed E-state index contributed by atoms with van der Waals surface area (Å²) in [7, 11) is 0. The lowest BCUT2D eigenvalue weighted by atomic mass is 10.2. The Hall–Kier alpha value is -1.91. The third-order valence-electron chi connectivity index (χ3n) is 2.75. The lowest BCUT2D eigenvalue weighted by Gasteiger charge is -2.06. The van der Waals surface area contributed by atoms with E-state index in [0.29, 0.717) is 5.56 Å². The van der Waals surface area contributed by atoms with Crippen LogP contribution in [-0.2, 0) is 16.1 Å². The average molecular weight is 250 g/mol. The van der Waals surface area contributed by atoms with Crippen LogP contribution >= 0.6 is 0 Å². The predicted molar refractivity (Wildman–Crippen MR) is 64.0 cm³/mol. The Balaban J connectivity index is 1.69. The second kappa shape index (κ2) is 5.62. The standard InChI is InChI=1S/C13H15FN2O2/c14-11-3-1-2-9(6-11)7-15-12(17)8-16-13(18)10-4-5-10/h1-3,6,10H,4-5,7-8H2,(H,15,17)(H,16,18). The van der Waals surface area contributed by atoms with Gasteiger partial charge in [0, 0.05) is 12.5 Å². The van der Waals surface area contributed by atoms with Crippen LogP contribution in [0.2, 0.25) is 0 Å². The van der Waals surface area contributed by atoms with Crippen molar-refractivity contribution < 1.29 is 14.0 Å². The minimum Gasteiger partial charge on any atom is -0.350 e. The van der Waals surface area contributed by atoms with Gasteiger partial charge in [0.15, 0.2) is 0 Å². The van der Waals surface area contributed by atoms with Crippen molar-refractivity contribution in [3.05, 3.63) is 35.6 Å². The largest absolute Gasteiger partial charge is 0.350 e. The van der Waals surface area contributed by atoms with E-state index in [1.165, 1.54) is 12.1 Å². The SMILES string of the molecule is O=C(CNC(=O)C1CC1)NCc1cccc(F)c1. The Morgan fingerprint density at radius 1 is 1.28 bits per heavy atom. The maximum Gasteiger partial charge on any atom is 0.239 e. The number of carbonyl (C=O) groups excluding carboxylic acids is 2. The minimum absolute atomic E-state index is 0.0232. The lowest BCUT2D eigenvalue weighted by molar-refractivity contribution is -0.126. The number of hydrogen-bond donors (Lipinski definition) is 2. The van der Waals surface area contributed by atoms with E-state index < -0.39 is 0 Å². The van der Waals surface area contributed by atoms with Crippen molar-refractivity contribution in [2.24, 2.45) is 5.92 Å². The summed E-state index contributed by atoms with van der Waals surface area (Å²) < 4.78 is 12.9. The van der Waals surface area contributed by atoms with Crippen LogP contribution in [0.5, 0.6) is 0 Å². The number of rotatable bonds is 5. The summed E-state index contributed by atoms with van der Waals surface area (Å²) in [6.07, 6.45) is 1.83. The lowest BCUT2D eigenvalue weighted by Crippen LogP contribution is -2.37. The second-order valence-electron chi connectivity index (χ2n) is 4.40. The molecule has 0 saturated heterocycles. The van der Waals surface area contributed by atoms with Gasteiger partial charge in [-0.15, -0.1) is 0 Å². The van der Waals surface area contributed by atoms with Crippen LogP contribution in [0.15, 0.2) is 24.3 Å². The molecule has 4 nitrogen and oxygen atoms in total. The highest BCUT2D eigenvalue weighted by molar-refractivity contribution is 5.86. The molecule has 0 heterocycles. The number of carbonyl (C=O) groups is 2. The van der Waals surface area contributed by atoms with Gasteiger partial charge in [-0.1, -0.05) is 12.1 Å².